The lowest BCUT2D eigenvalue weighted by atomic mass is 9.97. The van der Waals surface area contributed by atoms with Crippen LogP contribution in [0.15, 0.2) is 30.3 Å². The first-order chi connectivity index (χ1) is 11.6. The van der Waals surface area contributed by atoms with Gasteiger partial charge in [0.05, 0.1) is 12.0 Å². The van der Waals surface area contributed by atoms with E-state index in [-0.39, 0.29) is 24.3 Å². The summed E-state index contributed by atoms with van der Waals surface area (Å²) in [6.07, 6.45) is 5.35. The van der Waals surface area contributed by atoms with Crippen LogP contribution in [0.1, 0.15) is 55.3 Å². The van der Waals surface area contributed by atoms with Gasteiger partial charge in [0.1, 0.15) is 0 Å². The minimum absolute atomic E-state index is 0.0176. The largest absolute Gasteiger partial charge is 0.389 e. The lowest BCUT2D eigenvalue weighted by Crippen LogP contribution is -2.50. The summed E-state index contributed by atoms with van der Waals surface area (Å²) in [6, 6.07) is 9.23. The van der Waals surface area contributed by atoms with Crippen LogP contribution in [0.2, 0.25) is 0 Å². The maximum Gasteiger partial charge on any atom is 0.253 e. The molecule has 2 fully saturated rings. The normalized spacial score (nSPS) is 23.0. The number of hydrogen-bond acceptors (Lipinski definition) is 3. The van der Waals surface area contributed by atoms with Crippen molar-refractivity contribution in [2.75, 3.05) is 13.1 Å². The summed E-state index contributed by atoms with van der Waals surface area (Å²) in [5.74, 6) is -0.0811. The topological polar surface area (TPSA) is 69.6 Å². The highest BCUT2D eigenvalue weighted by molar-refractivity contribution is 5.94. The van der Waals surface area contributed by atoms with Crippen LogP contribution in [0.25, 0.3) is 0 Å². The minimum Gasteiger partial charge on any atom is -0.389 e. The van der Waals surface area contributed by atoms with Gasteiger partial charge in [0, 0.05) is 24.7 Å². The molecule has 1 aliphatic carbocycles. The molecule has 0 aromatic heterocycles. The Balaban J connectivity index is 1.53. The van der Waals surface area contributed by atoms with Crippen LogP contribution in [0.4, 0.5) is 0 Å². The van der Waals surface area contributed by atoms with Gasteiger partial charge in [-0.1, -0.05) is 31.0 Å². The van der Waals surface area contributed by atoms with Crippen LogP contribution < -0.4 is 5.32 Å². The number of rotatable bonds is 4. The second-order valence-corrected chi connectivity index (χ2v) is 7.13. The summed E-state index contributed by atoms with van der Waals surface area (Å²) >= 11 is 0. The summed E-state index contributed by atoms with van der Waals surface area (Å²) in [7, 11) is 0. The molecule has 1 saturated heterocycles. The number of piperidine rings is 1. The third-order valence-electron chi connectivity index (χ3n) is 5.12. The number of aliphatic hydroxyl groups is 1. The second kappa shape index (κ2) is 7.34. The molecule has 1 aromatic rings. The Morgan fingerprint density at radius 1 is 1.17 bits per heavy atom. The van der Waals surface area contributed by atoms with E-state index < -0.39 is 5.60 Å². The summed E-state index contributed by atoms with van der Waals surface area (Å²) in [4.78, 5) is 26.6. The zero-order chi connectivity index (χ0) is 17.0. The van der Waals surface area contributed by atoms with Gasteiger partial charge in [-0.2, -0.15) is 0 Å². The number of benzene rings is 1. The van der Waals surface area contributed by atoms with Crippen molar-refractivity contribution >= 4 is 11.8 Å². The summed E-state index contributed by atoms with van der Waals surface area (Å²) in [6.45, 7) is 1.27. The van der Waals surface area contributed by atoms with Crippen LogP contribution in [-0.2, 0) is 4.79 Å². The van der Waals surface area contributed by atoms with Crippen LogP contribution in [0.3, 0.4) is 0 Å². The molecule has 0 unspecified atom stereocenters. The summed E-state index contributed by atoms with van der Waals surface area (Å²) in [5, 5.41) is 13.4. The van der Waals surface area contributed by atoms with Gasteiger partial charge in [-0.15, -0.1) is 0 Å². The molecule has 5 heteroatoms. The van der Waals surface area contributed by atoms with Gasteiger partial charge in [0.2, 0.25) is 5.91 Å². The Labute approximate surface area is 143 Å². The highest BCUT2D eigenvalue weighted by Gasteiger charge is 2.34. The molecule has 0 radical (unpaired) electrons. The van der Waals surface area contributed by atoms with Crippen molar-refractivity contribution in [1.29, 1.82) is 0 Å². The van der Waals surface area contributed by atoms with E-state index in [2.05, 4.69) is 5.32 Å². The van der Waals surface area contributed by atoms with Gasteiger partial charge in [0.15, 0.2) is 0 Å². The maximum atomic E-state index is 12.5. The standard InChI is InChI=1S/C19H26N2O3/c22-17(13-19(24)10-4-5-11-19)20-16-9-6-12-21(14-16)18(23)15-7-2-1-3-8-15/h1-3,7-8,16,24H,4-6,9-14H2,(H,20,22)/t16-/m0/s1. The molecule has 2 amide bonds. The third-order valence-corrected chi connectivity index (χ3v) is 5.12. The number of amides is 2. The number of hydrogen-bond donors (Lipinski definition) is 2. The molecule has 1 aromatic carbocycles. The van der Waals surface area contributed by atoms with E-state index in [0.29, 0.717) is 24.9 Å². The van der Waals surface area contributed by atoms with Crippen molar-refractivity contribution in [3.05, 3.63) is 35.9 Å². The molecule has 5 nitrogen and oxygen atoms in total. The van der Waals surface area contributed by atoms with E-state index in [1.54, 1.807) is 0 Å². The monoisotopic (exact) mass is 330 g/mol. The molecule has 1 aliphatic heterocycles. The third kappa shape index (κ3) is 4.15. The number of likely N-dealkylation sites (tertiary alicyclic amines) is 1. The quantitative estimate of drug-likeness (QED) is 0.888. The Morgan fingerprint density at radius 3 is 2.58 bits per heavy atom. The lowest BCUT2D eigenvalue weighted by Gasteiger charge is -2.34. The van der Waals surface area contributed by atoms with Gasteiger partial charge in [0.25, 0.3) is 5.91 Å². The molecule has 2 N–H and O–H groups in total. The van der Waals surface area contributed by atoms with Crippen molar-refractivity contribution in [3.8, 4) is 0 Å². The van der Waals surface area contributed by atoms with Gasteiger partial charge in [-0.25, -0.2) is 0 Å². The van der Waals surface area contributed by atoms with Crippen LogP contribution >= 0.6 is 0 Å². The number of carbonyl (C=O) groups excluding carboxylic acids is 2. The van der Waals surface area contributed by atoms with E-state index in [0.717, 1.165) is 32.2 Å². The number of nitrogens with one attached hydrogen (secondary N) is 1. The maximum absolute atomic E-state index is 12.5. The molecule has 3 rings (SSSR count). The smallest absolute Gasteiger partial charge is 0.253 e. The van der Waals surface area contributed by atoms with Crippen LogP contribution in [0.5, 0.6) is 0 Å². The highest BCUT2D eigenvalue weighted by atomic mass is 16.3. The predicted octanol–water partition coefficient (Wildman–Crippen LogP) is 2.10. The first-order valence-electron chi connectivity index (χ1n) is 8.92. The molecule has 24 heavy (non-hydrogen) atoms. The van der Waals surface area contributed by atoms with Crippen molar-refractivity contribution in [3.63, 3.8) is 0 Å². The number of carbonyl (C=O) groups is 2. The van der Waals surface area contributed by atoms with Crippen molar-refractivity contribution in [1.82, 2.24) is 10.2 Å². The molecule has 2 aliphatic rings. The Morgan fingerprint density at radius 2 is 1.88 bits per heavy atom. The fourth-order valence-corrected chi connectivity index (χ4v) is 3.83. The van der Waals surface area contributed by atoms with Crippen LogP contribution in [0, 0.1) is 0 Å². The van der Waals surface area contributed by atoms with E-state index >= 15 is 0 Å². The molecule has 1 saturated carbocycles. The molecule has 1 atom stereocenters. The molecule has 0 spiro atoms. The fraction of sp³-hybridized carbons (Fsp3) is 0.579. The summed E-state index contributed by atoms with van der Waals surface area (Å²) < 4.78 is 0. The Hall–Kier alpha value is -1.88. The van der Waals surface area contributed by atoms with E-state index in [9.17, 15) is 14.7 Å². The average molecular weight is 330 g/mol. The fourth-order valence-electron chi connectivity index (χ4n) is 3.83. The van der Waals surface area contributed by atoms with Crippen LogP contribution in [-0.4, -0.2) is 46.6 Å². The second-order valence-electron chi connectivity index (χ2n) is 7.13. The average Bonchev–Trinajstić information content (AvgIpc) is 3.01. The zero-order valence-electron chi connectivity index (χ0n) is 14.0. The van der Waals surface area contributed by atoms with Crippen molar-refractivity contribution in [2.24, 2.45) is 0 Å². The lowest BCUT2D eigenvalue weighted by molar-refractivity contribution is -0.126. The van der Waals surface area contributed by atoms with Crippen molar-refractivity contribution < 1.29 is 14.7 Å². The summed E-state index contributed by atoms with van der Waals surface area (Å²) in [5.41, 5.74) is -0.136. The Bertz CT molecular complexity index is 582. The molecule has 1 heterocycles. The van der Waals surface area contributed by atoms with Gasteiger partial charge in [-0.3, -0.25) is 9.59 Å². The van der Waals surface area contributed by atoms with E-state index in [1.165, 1.54) is 0 Å². The first-order valence-corrected chi connectivity index (χ1v) is 8.92. The van der Waals surface area contributed by atoms with Crippen molar-refractivity contribution in [2.45, 2.75) is 56.6 Å². The van der Waals surface area contributed by atoms with E-state index in [4.69, 9.17) is 0 Å². The van der Waals surface area contributed by atoms with Gasteiger partial charge in [-0.05, 0) is 37.8 Å². The van der Waals surface area contributed by atoms with Gasteiger partial charge < -0.3 is 15.3 Å². The molecule has 0 bridgehead atoms. The predicted molar refractivity (Wildman–Crippen MR) is 91.5 cm³/mol. The van der Waals surface area contributed by atoms with Gasteiger partial charge >= 0.3 is 0 Å². The molecular weight excluding hydrogens is 304 g/mol. The van der Waals surface area contributed by atoms with E-state index in [1.807, 2.05) is 35.2 Å². The Kier molecular flexibility index (Phi) is 5.19. The molecular formula is C19H26N2O3. The SMILES string of the molecule is O=C(CC1(O)CCCC1)N[C@H]1CCCN(C(=O)c2ccccc2)C1. The molecule has 130 valence electrons. The minimum atomic E-state index is -0.821. The zero-order valence-corrected chi connectivity index (χ0v) is 14.0. The highest BCUT2D eigenvalue weighted by Crippen LogP contribution is 2.32. The first kappa shape index (κ1) is 17.0. The number of nitrogens with zero attached hydrogens (tertiary/aromatic N) is 1.